The molecule has 1 aromatic carbocycles. The van der Waals surface area contributed by atoms with Gasteiger partial charge >= 0.3 is 6.18 Å². The Kier molecular flexibility index (Phi) is 5.30. The Morgan fingerprint density at radius 3 is 2.52 bits per heavy atom. The molecule has 118 valence electrons. The Morgan fingerprint density at radius 2 is 1.90 bits per heavy atom. The van der Waals surface area contributed by atoms with Gasteiger partial charge in [-0.2, -0.15) is 13.2 Å². The monoisotopic (exact) mass is 304 g/mol. The summed E-state index contributed by atoms with van der Waals surface area (Å²) in [6.07, 6.45) is -4.44. The maximum atomic E-state index is 13.2. The minimum Gasteiger partial charge on any atom is -0.491 e. The zero-order valence-corrected chi connectivity index (χ0v) is 11.9. The van der Waals surface area contributed by atoms with Crippen LogP contribution >= 0.6 is 0 Å². The lowest BCUT2D eigenvalue weighted by atomic mass is 10.1. The van der Waals surface area contributed by atoms with Gasteiger partial charge in [0, 0.05) is 39.0 Å². The molecule has 0 atom stereocenters. The fraction of sp³-hybridized carbons (Fsp3) is 0.571. The van der Waals surface area contributed by atoms with E-state index in [1.165, 1.54) is 13.2 Å². The van der Waals surface area contributed by atoms with Crippen molar-refractivity contribution in [3.05, 3.63) is 23.8 Å². The van der Waals surface area contributed by atoms with E-state index in [1.807, 2.05) is 4.90 Å². The Hall–Kier alpha value is -1.47. The summed E-state index contributed by atoms with van der Waals surface area (Å²) in [6.45, 7) is 3.27. The first-order valence-electron chi connectivity index (χ1n) is 6.81. The molecule has 0 aromatic heterocycles. The lowest BCUT2D eigenvalue weighted by Gasteiger charge is -2.30. The third-order valence-electron chi connectivity index (χ3n) is 3.30. The molecular formula is C14H19F3N2O2. The van der Waals surface area contributed by atoms with Crippen LogP contribution in [0.15, 0.2) is 18.2 Å². The van der Waals surface area contributed by atoms with Crippen LogP contribution in [0.25, 0.3) is 0 Å². The highest BCUT2D eigenvalue weighted by molar-refractivity contribution is 5.54. The van der Waals surface area contributed by atoms with Gasteiger partial charge in [-0.05, 0) is 18.2 Å². The molecule has 21 heavy (non-hydrogen) atoms. The molecule has 0 spiro atoms. The fourth-order valence-corrected chi connectivity index (χ4v) is 2.22. The number of hydrogen-bond acceptors (Lipinski definition) is 4. The third-order valence-corrected chi connectivity index (χ3v) is 3.30. The minimum atomic E-state index is -4.44. The first kappa shape index (κ1) is 15.9. The molecule has 1 aromatic rings. The van der Waals surface area contributed by atoms with Crippen molar-refractivity contribution >= 4 is 5.69 Å². The predicted molar refractivity (Wildman–Crippen MR) is 73.9 cm³/mol. The van der Waals surface area contributed by atoms with Gasteiger partial charge in [0.15, 0.2) is 0 Å². The molecule has 0 radical (unpaired) electrons. The summed E-state index contributed by atoms with van der Waals surface area (Å²) in [5, 5.41) is 3.17. The van der Waals surface area contributed by atoms with Crippen LogP contribution < -0.4 is 15.0 Å². The number of benzene rings is 1. The summed E-state index contributed by atoms with van der Waals surface area (Å²) in [4.78, 5) is 1.94. The first-order valence-corrected chi connectivity index (χ1v) is 6.81. The van der Waals surface area contributed by atoms with Gasteiger partial charge in [-0.25, -0.2) is 0 Å². The van der Waals surface area contributed by atoms with Gasteiger partial charge in [-0.15, -0.1) is 0 Å². The van der Waals surface area contributed by atoms with Crippen molar-refractivity contribution in [3.63, 3.8) is 0 Å². The van der Waals surface area contributed by atoms with Crippen molar-refractivity contribution in [1.82, 2.24) is 5.32 Å². The van der Waals surface area contributed by atoms with E-state index < -0.39 is 11.7 Å². The number of hydrogen-bond donors (Lipinski definition) is 1. The van der Waals surface area contributed by atoms with Crippen molar-refractivity contribution in [2.24, 2.45) is 0 Å². The Morgan fingerprint density at radius 1 is 1.19 bits per heavy atom. The van der Waals surface area contributed by atoms with Gasteiger partial charge in [0.2, 0.25) is 0 Å². The van der Waals surface area contributed by atoms with Gasteiger partial charge in [0.05, 0.1) is 12.2 Å². The Labute approximate surface area is 121 Å². The molecule has 1 N–H and O–H groups in total. The highest BCUT2D eigenvalue weighted by atomic mass is 19.4. The summed E-state index contributed by atoms with van der Waals surface area (Å²) >= 11 is 0. The Balaban J connectivity index is 2.21. The second kappa shape index (κ2) is 7.00. The van der Waals surface area contributed by atoms with Crippen molar-refractivity contribution in [2.45, 2.75) is 6.18 Å². The van der Waals surface area contributed by atoms with Gasteiger partial charge in [0.1, 0.15) is 12.4 Å². The molecule has 0 bridgehead atoms. The number of halogens is 3. The van der Waals surface area contributed by atoms with E-state index in [2.05, 4.69) is 5.32 Å². The fourth-order valence-electron chi connectivity index (χ4n) is 2.22. The van der Waals surface area contributed by atoms with Gasteiger partial charge in [0.25, 0.3) is 0 Å². The van der Waals surface area contributed by atoms with Gasteiger partial charge < -0.3 is 19.7 Å². The first-order chi connectivity index (χ1) is 10.0. The second-order valence-corrected chi connectivity index (χ2v) is 4.76. The van der Waals surface area contributed by atoms with Crippen LogP contribution in [0, 0.1) is 0 Å². The van der Waals surface area contributed by atoms with Crippen LogP contribution in [-0.4, -0.2) is 46.5 Å². The van der Waals surface area contributed by atoms with E-state index in [9.17, 15) is 13.2 Å². The molecule has 0 unspecified atom stereocenters. The largest absolute Gasteiger partial charge is 0.491 e. The van der Waals surface area contributed by atoms with Crippen LogP contribution in [0.5, 0.6) is 5.75 Å². The lowest BCUT2D eigenvalue weighted by molar-refractivity contribution is -0.139. The maximum absolute atomic E-state index is 13.2. The van der Waals surface area contributed by atoms with Crippen LogP contribution in [-0.2, 0) is 10.9 Å². The highest BCUT2D eigenvalue weighted by Gasteiger charge is 2.35. The van der Waals surface area contributed by atoms with E-state index in [1.54, 1.807) is 6.07 Å². The Bertz CT molecular complexity index is 460. The van der Waals surface area contributed by atoms with E-state index >= 15 is 0 Å². The van der Waals surface area contributed by atoms with E-state index in [4.69, 9.17) is 9.47 Å². The van der Waals surface area contributed by atoms with E-state index in [0.29, 0.717) is 18.8 Å². The van der Waals surface area contributed by atoms with Crippen molar-refractivity contribution in [3.8, 4) is 5.75 Å². The van der Waals surface area contributed by atoms with Gasteiger partial charge in [-0.3, -0.25) is 0 Å². The maximum Gasteiger partial charge on any atom is 0.420 e. The van der Waals surface area contributed by atoms with Crippen LogP contribution in [0.1, 0.15) is 5.56 Å². The topological polar surface area (TPSA) is 33.7 Å². The summed E-state index contributed by atoms with van der Waals surface area (Å²) in [5.74, 6) is -0.154. The normalized spacial score (nSPS) is 16.1. The standard InChI is InChI=1S/C14H19F3N2O2/c1-20-8-9-21-13-3-2-11(10-12(13)14(15,16)17)19-6-4-18-5-7-19/h2-3,10,18H,4-9H2,1H3. The highest BCUT2D eigenvalue weighted by Crippen LogP contribution is 2.38. The molecule has 1 heterocycles. The second-order valence-electron chi connectivity index (χ2n) is 4.76. The SMILES string of the molecule is COCCOc1ccc(N2CCNCC2)cc1C(F)(F)F. The number of piperazine rings is 1. The van der Waals surface area contributed by atoms with Crippen LogP contribution in [0.4, 0.5) is 18.9 Å². The summed E-state index contributed by atoms with van der Waals surface area (Å²) in [5.41, 5.74) is -0.169. The number of nitrogens with one attached hydrogen (secondary N) is 1. The number of nitrogens with zero attached hydrogens (tertiary/aromatic N) is 1. The van der Waals surface area contributed by atoms with Crippen molar-refractivity contribution in [2.75, 3.05) is 51.4 Å². The smallest absolute Gasteiger partial charge is 0.420 e. The molecule has 0 aliphatic carbocycles. The zero-order chi connectivity index (χ0) is 15.3. The third kappa shape index (κ3) is 4.25. The summed E-state index contributed by atoms with van der Waals surface area (Å²) < 4.78 is 49.4. The van der Waals surface area contributed by atoms with Gasteiger partial charge in [-0.1, -0.05) is 0 Å². The van der Waals surface area contributed by atoms with Crippen molar-refractivity contribution < 1.29 is 22.6 Å². The van der Waals surface area contributed by atoms with E-state index in [0.717, 1.165) is 19.2 Å². The molecule has 0 saturated carbocycles. The molecular weight excluding hydrogens is 285 g/mol. The molecule has 1 fully saturated rings. The average molecular weight is 304 g/mol. The molecule has 1 saturated heterocycles. The minimum absolute atomic E-state index is 0.0898. The van der Waals surface area contributed by atoms with E-state index in [-0.39, 0.29) is 19.0 Å². The number of methoxy groups -OCH3 is 1. The predicted octanol–water partition coefficient (Wildman–Crippen LogP) is 2.14. The molecule has 1 aliphatic heterocycles. The molecule has 2 rings (SSSR count). The quantitative estimate of drug-likeness (QED) is 0.845. The summed E-state index contributed by atoms with van der Waals surface area (Å²) in [7, 11) is 1.47. The molecule has 4 nitrogen and oxygen atoms in total. The number of rotatable bonds is 5. The molecule has 1 aliphatic rings. The van der Waals surface area contributed by atoms with Crippen LogP contribution in [0.2, 0.25) is 0 Å². The number of anilines is 1. The number of alkyl halides is 3. The number of ether oxygens (including phenoxy) is 2. The molecule has 0 amide bonds. The zero-order valence-electron chi connectivity index (χ0n) is 11.9. The summed E-state index contributed by atoms with van der Waals surface area (Å²) in [6, 6.07) is 4.21. The van der Waals surface area contributed by atoms with Crippen molar-refractivity contribution in [1.29, 1.82) is 0 Å². The van der Waals surface area contributed by atoms with Crippen LogP contribution in [0.3, 0.4) is 0 Å². The molecule has 7 heteroatoms. The lowest BCUT2D eigenvalue weighted by Crippen LogP contribution is -2.43. The average Bonchev–Trinajstić information content (AvgIpc) is 2.47.